The Balaban J connectivity index is 1.52. The van der Waals surface area contributed by atoms with Crippen LogP contribution in [0.4, 0.5) is 5.69 Å². The van der Waals surface area contributed by atoms with Gasteiger partial charge in [0.2, 0.25) is 10.0 Å². The maximum atomic E-state index is 12.9. The maximum absolute atomic E-state index is 12.9. The fraction of sp³-hybridized carbons (Fsp3) is 0.174. The van der Waals surface area contributed by atoms with E-state index in [0.29, 0.717) is 12.1 Å². The highest BCUT2D eigenvalue weighted by Crippen LogP contribution is 2.30. The van der Waals surface area contributed by atoms with E-state index in [1.165, 1.54) is 0 Å². The van der Waals surface area contributed by atoms with Crippen molar-refractivity contribution >= 4 is 21.6 Å². The summed E-state index contributed by atoms with van der Waals surface area (Å²) in [7, 11) is -3.59. The molecule has 5 nitrogen and oxygen atoms in total. The predicted molar refractivity (Wildman–Crippen MR) is 113 cm³/mol. The van der Waals surface area contributed by atoms with Gasteiger partial charge in [-0.25, -0.2) is 13.1 Å². The quantitative estimate of drug-likeness (QED) is 0.703. The average Bonchev–Trinajstić information content (AvgIpc) is 3.16. The van der Waals surface area contributed by atoms with Crippen LogP contribution in [-0.2, 0) is 23.0 Å². The van der Waals surface area contributed by atoms with E-state index < -0.39 is 10.0 Å². The number of amides is 1. The standard InChI is InChI=1S/C23H22N2O3S/c1-17-7-11-21(12-8-17)29(27,28)24-16-18-9-10-19-13-14-25(22(19)15-18)23(26)20-5-3-2-4-6-20/h2-12,15,24H,13-14,16H2,1H3. The van der Waals surface area contributed by atoms with Crippen LogP contribution in [0.5, 0.6) is 0 Å². The van der Waals surface area contributed by atoms with Crippen molar-refractivity contribution in [3.8, 4) is 0 Å². The summed E-state index contributed by atoms with van der Waals surface area (Å²) in [4.78, 5) is 14.9. The second kappa shape index (κ2) is 7.81. The van der Waals surface area contributed by atoms with Gasteiger partial charge >= 0.3 is 0 Å². The summed E-state index contributed by atoms with van der Waals surface area (Å²) in [5.41, 5.74) is 4.41. The Morgan fingerprint density at radius 3 is 2.45 bits per heavy atom. The fourth-order valence-electron chi connectivity index (χ4n) is 3.46. The molecule has 1 aliphatic rings. The summed E-state index contributed by atoms with van der Waals surface area (Å²) in [6.45, 7) is 2.70. The topological polar surface area (TPSA) is 66.5 Å². The Hall–Kier alpha value is -2.96. The molecular formula is C23H22N2O3S. The zero-order chi connectivity index (χ0) is 20.4. The first-order valence-electron chi connectivity index (χ1n) is 9.49. The molecule has 29 heavy (non-hydrogen) atoms. The normalized spacial score (nSPS) is 13.3. The van der Waals surface area contributed by atoms with Gasteiger partial charge in [-0.15, -0.1) is 0 Å². The van der Waals surface area contributed by atoms with Crippen molar-refractivity contribution in [3.63, 3.8) is 0 Å². The molecule has 0 bridgehead atoms. The van der Waals surface area contributed by atoms with Gasteiger partial charge in [0.15, 0.2) is 0 Å². The highest BCUT2D eigenvalue weighted by atomic mass is 32.2. The Morgan fingerprint density at radius 1 is 1.00 bits per heavy atom. The number of anilines is 1. The number of nitrogens with zero attached hydrogens (tertiary/aromatic N) is 1. The molecule has 3 aromatic rings. The van der Waals surface area contributed by atoms with E-state index in [4.69, 9.17) is 0 Å². The monoisotopic (exact) mass is 406 g/mol. The molecule has 0 aliphatic carbocycles. The summed E-state index contributed by atoms with van der Waals surface area (Å²) in [6, 6.07) is 21.7. The summed E-state index contributed by atoms with van der Waals surface area (Å²) in [5.74, 6) is -0.0401. The van der Waals surface area contributed by atoms with E-state index in [9.17, 15) is 13.2 Å². The lowest BCUT2D eigenvalue weighted by atomic mass is 10.1. The van der Waals surface area contributed by atoms with Gasteiger partial charge < -0.3 is 4.90 Å². The van der Waals surface area contributed by atoms with Crippen molar-refractivity contribution in [2.45, 2.75) is 24.8 Å². The number of fused-ring (bicyclic) bond motifs is 1. The van der Waals surface area contributed by atoms with Crippen molar-refractivity contribution in [1.29, 1.82) is 0 Å². The van der Waals surface area contributed by atoms with Crippen molar-refractivity contribution in [2.24, 2.45) is 0 Å². The molecule has 0 aromatic heterocycles. The molecule has 3 aromatic carbocycles. The van der Waals surface area contributed by atoms with E-state index in [1.807, 2.05) is 43.3 Å². The van der Waals surface area contributed by atoms with Crippen LogP contribution in [0.3, 0.4) is 0 Å². The highest BCUT2D eigenvalue weighted by Gasteiger charge is 2.26. The molecule has 1 aliphatic heterocycles. The fourth-order valence-corrected chi connectivity index (χ4v) is 4.48. The number of nitrogens with one attached hydrogen (secondary N) is 1. The zero-order valence-electron chi connectivity index (χ0n) is 16.1. The first-order valence-corrected chi connectivity index (χ1v) is 11.0. The molecule has 1 N–H and O–H groups in total. The molecule has 1 heterocycles. The molecular weight excluding hydrogens is 384 g/mol. The lowest BCUT2D eigenvalue weighted by Crippen LogP contribution is -2.29. The first kappa shape index (κ1) is 19.4. The Morgan fingerprint density at radius 2 is 1.72 bits per heavy atom. The van der Waals surface area contributed by atoms with Gasteiger partial charge in [-0.1, -0.05) is 48.0 Å². The second-order valence-electron chi connectivity index (χ2n) is 7.17. The van der Waals surface area contributed by atoms with Gasteiger partial charge in [-0.2, -0.15) is 0 Å². The minimum Gasteiger partial charge on any atom is -0.308 e. The Labute approximate surface area is 171 Å². The molecule has 0 radical (unpaired) electrons. The maximum Gasteiger partial charge on any atom is 0.258 e. The van der Waals surface area contributed by atoms with Crippen LogP contribution in [-0.4, -0.2) is 20.9 Å². The SMILES string of the molecule is Cc1ccc(S(=O)(=O)NCc2ccc3c(c2)N(C(=O)c2ccccc2)CC3)cc1. The number of rotatable bonds is 5. The third kappa shape index (κ3) is 4.09. The van der Waals surface area contributed by atoms with Crippen molar-refractivity contribution < 1.29 is 13.2 Å². The molecule has 0 fully saturated rings. The van der Waals surface area contributed by atoms with Crippen LogP contribution in [0, 0.1) is 6.92 Å². The molecule has 1 amide bonds. The van der Waals surface area contributed by atoms with E-state index in [-0.39, 0.29) is 17.3 Å². The smallest absolute Gasteiger partial charge is 0.258 e. The van der Waals surface area contributed by atoms with Crippen LogP contribution in [0.25, 0.3) is 0 Å². The summed E-state index contributed by atoms with van der Waals surface area (Å²) in [5, 5.41) is 0. The third-order valence-electron chi connectivity index (χ3n) is 5.11. The molecule has 148 valence electrons. The Kier molecular flexibility index (Phi) is 5.22. The lowest BCUT2D eigenvalue weighted by Gasteiger charge is -2.18. The van der Waals surface area contributed by atoms with E-state index >= 15 is 0 Å². The average molecular weight is 407 g/mol. The van der Waals surface area contributed by atoms with Crippen LogP contribution >= 0.6 is 0 Å². The molecule has 6 heteroatoms. The largest absolute Gasteiger partial charge is 0.308 e. The van der Waals surface area contributed by atoms with Gasteiger partial charge in [-0.3, -0.25) is 4.79 Å². The molecule has 0 saturated carbocycles. The molecule has 0 atom stereocenters. The minimum absolute atomic E-state index is 0.0401. The van der Waals surface area contributed by atoms with Gasteiger partial charge in [0.25, 0.3) is 5.91 Å². The number of carbonyl (C=O) groups excluding carboxylic acids is 1. The number of sulfonamides is 1. The number of benzene rings is 3. The van der Waals surface area contributed by atoms with E-state index in [2.05, 4.69) is 4.72 Å². The summed E-state index contributed by atoms with van der Waals surface area (Å²) < 4.78 is 27.7. The number of hydrogen-bond acceptors (Lipinski definition) is 3. The van der Waals surface area contributed by atoms with Crippen LogP contribution in [0.15, 0.2) is 77.7 Å². The van der Waals surface area contributed by atoms with Crippen LogP contribution in [0.1, 0.15) is 27.0 Å². The van der Waals surface area contributed by atoms with Crippen molar-refractivity contribution in [3.05, 3.63) is 95.1 Å². The first-order chi connectivity index (χ1) is 13.9. The molecule has 0 unspecified atom stereocenters. The van der Waals surface area contributed by atoms with Crippen LogP contribution in [0.2, 0.25) is 0 Å². The molecule has 0 spiro atoms. The number of carbonyl (C=O) groups is 1. The summed E-state index contributed by atoms with van der Waals surface area (Å²) in [6.07, 6.45) is 0.795. The predicted octanol–water partition coefficient (Wildman–Crippen LogP) is 3.68. The second-order valence-corrected chi connectivity index (χ2v) is 8.94. The van der Waals surface area contributed by atoms with Gasteiger partial charge in [0.1, 0.15) is 0 Å². The minimum atomic E-state index is -3.59. The summed E-state index contributed by atoms with van der Waals surface area (Å²) >= 11 is 0. The van der Waals surface area contributed by atoms with Gasteiger partial charge in [0, 0.05) is 24.3 Å². The number of aryl methyl sites for hydroxylation is 1. The number of hydrogen-bond donors (Lipinski definition) is 1. The Bertz CT molecular complexity index is 1140. The zero-order valence-corrected chi connectivity index (χ0v) is 16.9. The van der Waals surface area contributed by atoms with E-state index in [1.54, 1.807) is 41.3 Å². The highest BCUT2D eigenvalue weighted by molar-refractivity contribution is 7.89. The lowest BCUT2D eigenvalue weighted by molar-refractivity contribution is 0.0989. The third-order valence-corrected chi connectivity index (χ3v) is 6.53. The molecule has 4 rings (SSSR count). The van der Waals surface area contributed by atoms with Crippen LogP contribution < -0.4 is 9.62 Å². The van der Waals surface area contributed by atoms with Crippen molar-refractivity contribution in [1.82, 2.24) is 4.72 Å². The van der Waals surface area contributed by atoms with Gasteiger partial charge in [0.05, 0.1) is 4.90 Å². The van der Waals surface area contributed by atoms with Crippen molar-refractivity contribution in [2.75, 3.05) is 11.4 Å². The van der Waals surface area contributed by atoms with Gasteiger partial charge in [-0.05, 0) is 54.8 Å². The van der Waals surface area contributed by atoms with E-state index in [0.717, 1.165) is 28.8 Å². The molecule has 0 saturated heterocycles.